The van der Waals surface area contributed by atoms with Crippen LogP contribution in [0.5, 0.6) is 0 Å². The summed E-state index contributed by atoms with van der Waals surface area (Å²) in [7, 11) is 29.4. The molecule has 0 fully saturated rings. The molecule has 0 amide bonds. The Bertz CT molecular complexity index is 1050. The molecular formula is C20H12B5N3. The monoisotopic (exact) mass is 349 g/mol. The van der Waals surface area contributed by atoms with Crippen molar-refractivity contribution in [3.8, 4) is 11.1 Å². The van der Waals surface area contributed by atoms with Crippen molar-refractivity contribution in [1.82, 2.24) is 0 Å². The molecule has 8 heteroatoms. The highest BCUT2D eigenvalue weighted by Crippen LogP contribution is 2.19. The smallest absolute Gasteiger partial charge is 0.154 e. The molecule has 3 N–H and O–H groups in total. The molecule has 0 aliphatic rings. The van der Waals surface area contributed by atoms with Crippen LogP contribution in [0, 0.1) is 5.41 Å². The maximum Gasteiger partial charge on any atom is 0.154 e. The van der Waals surface area contributed by atoms with Gasteiger partial charge in [0.15, 0.2) is 5.84 Å². The first-order valence-corrected chi connectivity index (χ1v) is 8.41. The van der Waals surface area contributed by atoms with Gasteiger partial charge in [-0.25, -0.2) is 4.99 Å². The molecule has 3 aromatic carbocycles. The standard InChI is InChI=1S/C20H12B5N3/c21-14-13(15(22)17(24)18(25)16(14)23)20(27)28-19(26)12-8-6-11(7-9-12)10-4-2-1-3-5-10/h1-9H,(H3,26,27,28). The lowest BCUT2D eigenvalue weighted by Crippen LogP contribution is -2.57. The van der Waals surface area contributed by atoms with Crippen molar-refractivity contribution in [2.75, 3.05) is 0 Å². The number of aliphatic imine (C=N–C) groups is 1. The SMILES string of the molecule is [B]c1c([B])c([B])c(C(N)=NC(=N)c2ccc(-c3ccccc3)cc2)c([B])c1[B]. The van der Waals surface area contributed by atoms with E-state index in [0.717, 1.165) is 11.1 Å². The number of nitrogens with one attached hydrogen (secondary N) is 1. The first-order valence-electron chi connectivity index (χ1n) is 8.41. The lowest BCUT2D eigenvalue weighted by atomic mass is 9.60. The average molecular weight is 348 g/mol. The number of nitrogens with zero attached hydrogens (tertiary/aromatic N) is 1. The molecule has 0 aromatic heterocycles. The van der Waals surface area contributed by atoms with Crippen molar-refractivity contribution in [2.45, 2.75) is 0 Å². The van der Waals surface area contributed by atoms with Crippen molar-refractivity contribution in [3.63, 3.8) is 0 Å². The third-order valence-corrected chi connectivity index (χ3v) is 4.45. The minimum atomic E-state index is -0.0643. The Balaban J connectivity index is 1.93. The van der Waals surface area contributed by atoms with Gasteiger partial charge in [-0.15, -0.1) is 16.4 Å². The summed E-state index contributed by atoms with van der Waals surface area (Å²) in [5.74, 6) is -0.115. The Morgan fingerprint density at radius 1 is 0.679 bits per heavy atom. The molecule has 3 rings (SSSR count). The first-order chi connectivity index (χ1) is 13.3. The largest absolute Gasteiger partial charge is 0.383 e. The van der Waals surface area contributed by atoms with Gasteiger partial charge in [-0.1, -0.05) is 65.5 Å². The summed E-state index contributed by atoms with van der Waals surface area (Å²) in [6, 6.07) is 17.3. The topological polar surface area (TPSA) is 62.2 Å². The minimum Gasteiger partial charge on any atom is -0.383 e. The van der Waals surface area contributed by atoms with Crippen molar-refractivity contribution in [3.05, 3.63) is 65.7 Å². The zero-order valence-electron chi connectivity index (χ0n) is 15.1. The molecule has 0 unspecified atom stereocenters. The highest BCUT2D eigenvalue weighted by atomic mass is 14.9. The van der Waals surface area contributed by atoms with Crippen molar-refractivity contribution >= 4 is 78.2 Å². The maximum atomic E-state index is 8.24. The number of hydrogen-bond donors (Lipinski definition) is 2. The van der Waals surface area contributed by atoms with Crippen LogP contribution in [0.15, 0.2) is 59.6 Å². The molecule has 0 aliphatic carbocycles. The zero-order chi connectivity index (χ0) is 20.4. The van der Waals surface area contributed by atoms with Gasteiger partial charge in [0.05, 0.1) is 0 Å². The average Bonchev–Trinajstić information content (AvgIpc) is 2.71. The summed E-state index contributed by atoms with van der Waals surface area (Å²) in [5, 5.41) is 8.24. The fourth-order valence-electron chi connectivity index (χ4n) is 2.82. The molecular weight excluding hydrogens is 336 g/mol. The summed E-state index contributed by atoms with van der Waals surface area (Å²) in [6.07, 6.45) is 0. The van der Waals surface area contributed by atoms with Gasteiger partial charge in [-0.2, -0.15) is 0 Å². The number of nitrogens with two attached hydrogens (primary N) is 1. The van der Waals surface area contributed by atoms with Crippen molar-refractivity contribution < 1.29 is 0 Å². The lowest BCUT2D eigenvalue weighted by molar-refractivity contribution is 1.40. The minimum absolute atomic E-state index is 0.0510. The van der Waals surface area contributed by atoms with Gasteiger partial charge < -0.3 is 5.73 Å². The molecule has 0 bridgehead atoms. The Kier molecular flexibility index (Phi) is 5.69. The lowest BCUT2D eigenvalue weighted by Gasteiger charge is -2.20. The van der Waals surface area contributed by atoms with E-state index in [1.54, 1.807) is 12.1 Å². The Labute approximate surface area is 171 Å². The van der Waals surface area contributed by atoms with Crippen LogP contribution in [0.2, 0.25) is 0 Å². The van der Waals surface area contributed by atoms with Crippen molar-refractivity contribution in [1.29, 1.82) is 5.41 Å². The van der Waals surface area contributed by atoms with Crippen LogP contribution in [0.3, 0.4) is 0 Å². The van der Waals surface area contributed by atoms with E-state index in [2.05, 4.69) is 4.99 Å². The quantitative estimate of drug-likeness (QED) is 0.323. The van der Waals surface area contributed by atoms with Gasteiger partial charge in [0.1, 0.15) is 45.1 Å². The van der Waals surface area contributed by atoms with E-state index < -0.39 is 0 Å². The number of hydrogen-bond acceptors (Lipinski definition) is 1. The molecule has 10 radical (unpaired) electrons. The van der Waals surface area contributed by atoms with E-state index in [-0.39, 0.29) is 44.5 Å². The van der Waals surface area contributed by atoms with E-state index in [4.69, 9.17) is 50.4 Å². The van der Waals surface area contributed by atoms with Crippen molar-refractivity contribution in [2.24, 2.45) is 10.7 Å². The molecule has 122 valence electrons. The first kappa shape index (κ1) is 19.9. The van der Waals surface area contributed by atoms with Crippen LogP contribution in [-0.2, 0) is 0 Å². The third kappa shape index (κ3) is 3.73. The fourth-order valence-corrected chi connectivity index (χ4v) is 2.82. The van der Waals surface area contributed by atoms with Gasteiger partial charge >= 0.3 is 0 Å². The molecule has 0 spiro atoms. The second kappa shape index (κ2) is 8.01. The Morgan fingerprint density at radius 3 is 1.68 bits per heavy atom. The molecule has 0 saturated heterocycles. The van der Waals surface area contributed by atoms with Crippen LogP contribution in [0.25, 0.3) is 11.1 Å². The van der Waals surface area contributed by atoms with E-state index in [0.29, 0.717) is 5.56 Å². The van der Waals surface area contributed by atoms with Gasteiger partial charge in [-0.3, -0.25) is 5.41 Å². The number of benzene rings is 3. The highest BCUT2D eigenvalue weighted by Gasteiger charge is 2.14. The van der Waals surface area contributed by atoms with Crippen LogP contribution < -0.4 is 33.0 Å². The van der Waals surface area contributed by atoms with E-state index in [1.807, 2.05) is 42.5 Å². The summed E-state index contributed by atoms with van der Waals surface area (Å²) in [4.78, 5) is 4.12. The van der Waals surface area contributed by atoms with E-state index >= 15 is 0 Å². The molecule has 28 heavy (non-hydrogen) atoms. The van der Waals surface area contributed by atoms with E-state index in [9.17, 15) is 0 Å². The van der Waals surface area contributed by atoms with Crippen LogP contribution in [-0.4, -0.2) is 50.9 Å². The predicted octanol–water partition coefficient (Wildman–Crippen LogP) is -1.95. The highest BCUT2D eigenvalue weighted by molar-refractivity contribution is 6.68. The van der Waals surface area contributed by atoms with Gasteiger partial charge in [0, 0.05) is 11.1 Å². The normalized spacial score (nSPS) is 11.4. The zero-order valence-corrected chi connectivity index (χ0v) is 15.1. The third-order valence-electron chi connectivity index (χ3n) is 4.45. The molecule has 0 heterocycles. The predicted molar refractivity (Wildman–Crippen MR) is 123 cm³/mol. The molecule has 0 atom stereocenters. The van der Waals surface area contributed by atoms with Crippen LogP contribution in [0.4, 0.5) is 0 Å². The Morgan fingerprint density at radius 2 is 1.14 bits per heavy atom. The molecule has 3 aromatic rings. The fraction of sp³-hybridized carbons (Fsp3) is 0. The molecule has 0 saturated carbocycles. The summed E-state index contributed by atoms with van der Waals surface area (Å²) < 4.78 is 0. The Hall–Kier alpha value is -2.88. The second-order valence-corrected chi connectivity index (χ2v) is 6.23. The second-order valence-electron chi connectivity index (χ2n) is 6.23. The van der Waals surface area contributed by atoms with Crippen LogP contribution in [0.1, 0.15) is 11.1 Å². The molecule has 0 aliphatic heterocycles. The van der Waals surface area contributed by atoms with Crippen LogP contribution >= 0.6 is 0 Å². The summed E-state index contributed by atoms with van der Waals surface area (Å²) >= 11 is 0. The molecule has 3 nitrogen and oxygen atoms in total. The van der Waals surface area contributed by atoms with E-state index in [1.165, 1.54) is 0 Å². The summed E-state index contributed by atoms with van der Waals surface area (Å²) in [6.45, 7) is 0. The number of amidine groups is 2. The van der Waals surface area contributed by atoms with Gasteiger partial charge in [0.25, 0.3) is 0 Å². The maximum absolute atomic E-state index is 8.24. The van der Waals surface area contributed by atoms with Gasteiger partial charge in [-0.05, 0) is 11.1 Å². The summed E-state index contributed by atoms with van der Waals surface area (Å²) in [5.41, 5.74) is 9.33. The van der Waals surface area contributed by atoms with Gasteiger partial charge in [0.2, 0.25) is 0 Å². The number of rotatable bonds is 3.